The fraction of sp³-hybridized carbons (Fsp3) is 0.571. The largest absolute Gasteiger partial charge is 0.497 e. The van der Waals surface area contributed by atoms with Crippen molar-refractivity contribution in [2.45, 2.75) is 50.5 Å². The van der Waals surface area contributed by atoms with E-state index < -0.39 is 0 Å². The number of piperidine rings is 1. The predicted octanol–water partition coefficient (Wildman–Crippen LogP) is 5.24. The van der Waals surface area contributed by atoms with Gasteiger partial charge < -0.3 is 19.1 Å². The quantitative estimate of drug-likeness (QED) is 0.514. The van der Waals surface area contributed by atoms with Gasteiger partial charge in [0.2, 0.25) is 0 Å². The maximum Gasteiger partial charge on any atom is 0.122 e. The van der Waals surface area contributed by atoms with Crippen molar-refractivity contribution in [3.05, 3.63) is 53.1 Å². The summed E-state index contributed by atoms with van der Waals surface area (Å²) in [6.45, 7) is 6.64. The molecular weight excluding hydrogens is 412 g/mol. The maximum atomic E-state index is 6.24. The number of nitrogens with zero attached hydrogens (tertiary/aromatic N) is 2. The van der Waals surface area contributed by atoms with E-state index in [1.54, 1.807) is 14.2 Å². The molecule has 0 aromatic heterocycles. The van der Waals surface area contributed by atoms with Gasteiger partial charge in [0.05, 0.1) is 20.8 Å². The number of benzene rings is 2. The first-order valence-electron chi connectivity index (χ1n) is 12.7. The molecule has 178 valence electrons. The van der Waals surface area contributed by atoms with Crippen molar-refractivity contribution < 1.29 is 14.2 Å². The summed E-state index contributed by atoms with van der Waals surface area (Å²) in [5.41, 5.74) is 4.05. The van der Waals surface area contributed by atoms with Crippen LogP contribution in [0.5, 0.6) is 17.2 Å². The lowest BCUT2D eigenvalue weighted by atomic mass is 9.81. The molecule has 0 saturated carbocycles. The minimum absolute atomic E-state index is 0.271. The number of hydrogen-bond donors (Lipinski definition) is 0. The second kappa shape index (κ2) is 10.4. The van der Waals surface area contributed by atoms with Crippen molar-refractivity contribution in [2.75, 3.05) is 53.6 Å². The van der Waals surface area contributed by atoms with Gasteiger partial charge in [0.15, 0.2) is 0 Å². The van der Waals surface area contributed by atoms with E-state index in [1.807, 2.05) is 12.1 Å². The standard InChI is InChI=1S/C28H38N2O3/c1-31-21-10-12-28(32-2)25(18-21)26-20-30-16-6-8-27(30)24-19-22(9-11-23(24)26)33-17-7-15-29-13-4-3-5-14-29/h9-12,18-19,26-27H,3-8,13-17,20H2,1-2H3. The Morgan fingerprint density at radius 3 is 2.45 bits per heavy atom. The molecule has 5 nitrogen and oxygen atoms in total. The first-order chi connectivity index (χ1) is 16.3. The smallest absolute Gasteiger partial charge is 0.122 e. The van der Waals surface area contributed by atoms with Crippen molar-refractivity contribution in [3.63, 3.8) is 0 Å². The lowest BCUT2D eigenvalue weighted by Crippen LogP contribution is -2.34. The molecule has 0 bridgehead atoms. The number of likely N-dealkylation sites (tertiary alicyclic amines) is 1. The highest BCUT2D eigenvalue weighted by Gasteiger charge is 2.37. The summed E-state index contributed by atoms with van der Waals surface area (Å²) in [7, 11) is 3.49. The first-order valence-corrected chi connectivity index (χ1v) is 12.7. The zero-order chi connectivity index (χ0) is 22.6. The van der Waals surface area contributed by atoms with Gasteiger partial charge in [-0.2, -0.15) is 0 Å². The van der Waals surface area contributed by atoms with Crippen LogP contribution in [0.2, 0.25) is 0 Å². The SMILES string of the molecule is COc1ccc(OC)c(C2CN3CCCC3c3cc(OCCCN4CCCCC4)ccc32)c1. The molecule has 5 rings (SSSR count). The highest BCUT2D eigenvalue weighted by molar-refractivity contribution is 5.52. The molecule has 0 radical (unpaired) electrons. The third-order valence-electron chi connectivity index (χ3n) is 7.72. The molecule has 2 atom stereocenters. The number of hydrogen-bond acceptors (Lipinski definition) is 5. The van der Waals surface area contributed by atoms with Gasteiger partial charge in [-0.3, -0.25) is 4.90 Å². The van der Waals surface area contributed by atoms with Crippen LogP contribution in [0, 0.1) is 0 Å². The van der Waals surface area contributed by atoms with Crippen LogP contribution in [0.1, 0.15) is 67.2 Å². The van der Waals surface area contributed by atoms with Gasteiger partial charge in [0.1, 0.15) is 17.2 Å². The Kier molecular flexibility index (Phi) is 7.07. The minimum atomic E-state index is 0.271. The lowest BCUT2D eigenvalue weighted by Gasteiger charge is -2.38. The summed E-state index contributed by atoms with van der Waals surface area (Å²) in [5.74, 6) is 3.09. The van der Waals surface area contributed by atoms with E-state index in [1.165, 1.54) is 61.9 Å². The Bertz CT molecular complexity index is 941. The van der Waals surface area contributed by atoms with Gasteiger partial charge >= 0.3 is 0 Å². The molecule has 2 fully saturated rings. The minimum Gasteiger partial charge on any atom is -0.497 e. The number of fused-ring (bicyclic) bond motifs is 3. The monoisotopic (exact) mass is 450 g/mol. The molecule has 0 spiro atoms. The first kappa shape index (κ1) is 22.5. The van der Waals surface area contributed by atoms with Gasteiger partial charge in [-0.05, 0) is 93.2 Å². The summed E-state index contributed by atoms with van der Waals surface area (Å²) in [6, 6.07) is 13.4. The normalized spacial score (nSPS) is 23.1. The third-order valence-corrected chi connectivity index (χ3v) is 7.72. The molecule has 33 heavy (non-hydrogen) atoms. The van der Waals surface area contributed by atoms with E-state index in [-0.39, 0.29) is 5.92 Å². The fourth-order valence-corrected chi connectivity index (χ4v) is 6.02. The predicted molar refractivity (Wildman–Crippen MR) is 132 cm³/mol. The second-order valence-corrected chi connectivity index (χ2v) is 9.71. The topological polar surface area (TPSA) is 34.2 Å². The molecule has 3 heterocycles. The van der Waals surface area contributed by atoms with Gasteiger partial charge in [0.25, 0.3) is 0 Å². The van der Waals surface area contributed by atoms with Crippen molar-refractivity contribution in [1.29, 1.82) is 0 Å². The summed E-state index contributed by atoms with van der Waals surface area (Å²) in [6.07, 6.45) is 7.67. The molecule has 2 unspecified atom stereocenters. The van der Waals surface area contributed by atoms with Crippen LogP contribution in [0.25, 0.3) is 0 Å². The van der Waals surface area contributed by atoms with Crippen LogP contribution in [-0.2, 0) is 0 Å². The number of methoxy groups -OCH3 is 2. The zero-order valence-electron chi connectivity index (χ0n) is 20.2. The van der Waals surface area contributed by atoms with Crippen molar-refractivity contribution in [1.82, 2.24) is 9.80 Å². The maximum absolute atomic E-state index is 6.24. The average Bonchev–Trinajstić information content (AvgIpc) is 3.35. The summed E-state index contributed by atoms with van der Waals surface area (Å²) >= 11 is 0. The molecule has 2 aromatic rings. The summed E-state index contributed by atoms with van der Waals surface area (Å²) in [4.78, 5) is 5.23. The second-order valence-electron chi connectivity index (χ2n) is 9.71. The Morgan fingerprint density at radius 2 is 1.64 bits per heavy atom. The van der Waals surface area contributed by atoms with Gasteiger partial charge in [-0.25, -0.2) is 0 Å². The van der Waals surface area contributed by atoms with E-state index in [0.29, 0.717) is 6.04 Å². The van der Waals surface area contributed by atoms with E-state index in [2.05, 4.69) is 34.1 Å². The molecular formula is C28H38N2O3. The van der Waals surface area contributed by atoms with Gasteiger partial charge in [-0.15, -0.1) is 0 Å². The zero-order valence-corrected chi connectivity index (χ0v) is 20.2. The van der Waals surface area contributed by atoms with Crippen LogP contribution < -0.4 is 14.2 Å². The molecule has 3 aliphatic heterocycles. The Morgan fingerprint density at radius 1 is 0.818 bits per heavy atom. The fourth-order valence-electron chi connectivity index (χ4n) is 6.02. The van der Waals surface area contributed by atoms with Crippen molar-refractivity contribution in [2.24, 2.45) is 0 Å². The van der Waals surface area contributed by atoms with E-state index in [0.717, 1.165) is 49.9 Å². The summed E-state index contributed by atoms with van der Waals surface area (Å²) in [5, 5.41) is 0. The summed E-state index contributed by atoms with van der Waals surface area (Å²) < 4.78 is 17.5. The molecule has 0 aliphatic carbocycles. The molecule has 2 saturated heterocycles. The van der Waals surface area contributed by atoms with Crippen LogP contribution in [0.4, 0.5) is 0 Å². The van der Waals surface area contributed by atoms with Crippen LogP contribution >= 0.6 is 0 Å². The van der Waals surface area contributed by atoms with Gasteiger partial charge in [-0.1, -0.05) is 12.5 Å². The number of ether oxygens (including phenoxy) is 3. The molecule has 5 heteroatoms. The van der Waals surface area contributed by atoms with Crippen LogP contribution in [0.15, 0.2) is 36.4 Å². The molecule has 0 N–H and O–H groups in total. The highest BCUT2D eigenvalue weighted by Crippen LogP contribution is 2.47. The molecule has 3 aliphatic rings. The van der Waals surface area contributed by atoms with Crippen LogP contribution in [-0.4, -0.2) is 63.4 Å². The van der Waals surface area contributed by atoms with Gasteiger partial charge in [0, 0.05) is 30.6 Å². The van der Waals surface area contributed by atoms with Crippen LogP contribution in [0.3, 0.4) is 0 Å². The Balaban J connectivity index is 1.35. The van der Waals surface area contributed by atoms with E-state index in [9.17, 15) is 0 Å². The molecule has 0 amide bonds. The molecule has 2 aromatic carbocycles. The Hall–Kier alpha value is -2.24. The lowest BCUT2D eigenvalue weighted by molar-refractivity contribution is 0.204. The number of rotatable bonds is 8. The van der Waals surface area contributed by atoms with Crippen molar-refractivity contribution >= 4 is 0 Å². The van der Waals surface area contributed by atoms with E-state index >= 15 is 0 Å². The third kappa shape index (κ3) is 4.85. The van der Waals surface area contributed by atoms with Crippen molar-refractivity contribution in [3.8, 4) is 17.2 Å². The average molecular weight is 451 g/mol. The Labute approximate surface area is 198 Å². The van der Waals surface area contributed by atoms with E-state index in [4.69, 9.17) is 14.2 Å². The highest BCUT2D eigenvalue weighted by atomic mass is 16.5.